The normalized spacial score (nSPS) is 19.2. The summed E-state index contributed by atoms with van der Waals surface area (Å²) in [4.78, 5) is 29.6. The van der Waals surface area contributed by atoms with Crippen molar-refractivity contribution in [3.8, 4) is 5.75 Å². The van der Waals surface area contributed by atoms with Crippen LogP contribution in [0.15, 0.2) is 72.8 Å². The van der Waals surface area contributed by atoms with E-state index in [1.165, 1.54) is 11.8 Å². The quantitative estimate of drug-likeness (QED) is 0.549. The van der Waals surface area contributed by atoms with Crippen LogP contribution in [0.5, 0.6) is 5.75 Å². The number of rotatable bonds is 4. The molecule has 6 nitrogen and oxygen atoms in total. The molecule has 0 unspecified atom stereocenters. The summed E-state index contributed by atoms with van der Waals surface area (Å²) in [5.74, 6) is 1.12. The molecule has 0 aromatic heterocycles. The summed E-state index contributed by atoms with van der Waals surface area (Å²) in [5, 5.41) is 3.54. The van der Waals surface area contributed by atoms with Gasteiger partial charge >= 0.3 is 6.03 Å². The number of para-hydroxylation sites is 1. The van der Waals surface area contributed by atoms with Crippen molar-refractivity contribution >= 4 is 46.7 Å². The molecular weight excluding hydrogens is 458 g/mol. The molecule has 33 heavy (non-hydrogen) atoms. The van der Waals surface area contributed by atoms with Gasteiger partial charge in [0, 0.05) is 28.6 Å². The summed E-state index contributed by atoms with van der Waals surface area (Å²) in [5.41, 5.74) is 3.03. The Morgan fingerprint density at radius 1 is 1.12 bits per heavy atom. The molecule has 0 radical (unpaired) electrons. The van der Waals surface area contributed by atoms with E-state index in [4.69, 9.17) is 16.3 Å². The average Bonchev–Trinajstić information content (AvgIpc) is 3.38. The summed E-state index contributed by atoms with van der Waals surface area (Å²) in [7, 11) is 1.59. The van der Waals surface area contributed by atoms with Crippen LogP contribution in [0.4, 0.5) is 16.2 Å². The third kappa shape index (κ3) is 3.61. The highest BCUT2D eigenvalue weighted by molar-refractivity contribution is 8.01. The van der Waals surface area contributed by atoms with Crippen LogP contribution in [-0.4, -0.2) is 36.2 Å². The average molecular weight is 480 g/mol. The van der Waals surface area contributed by atoms with Crippen LogP contribution >= 0.6 is 23.4 Å². The van der Waals surface area contributed by atoms with Gasteiger partial charge in [-0.2, -0.15) is 0 Å². The second kappa shape index (κ2) is 8.65. The van der Waals surface area contributed by atoms with Gasteiger partial charge in [-0.15, -0.1) is 11.8 Å². The van der Waals surface area contributed by atoms with Crippen LogP contribution in [0.1, 0.15) is 11.1 Å². The number of methoxy groups -OCH3 is 1. The summed E-state index contributed by atoms with van der Waals surface area (Å²) in [6, 6.07) is 22.0. The molecule has 0 bridgehead atoms. The van der Waals surface area contributed by atoms with Crippen LogP contribution in [0, 0.1) is 0 Å². The fourth-order valence-corrected chi connectivity index (χ4v) is 6.04. The predicted molar refractivity (Wildman–Crippen MR) is 132 cm³/mol. The molecule has 1 spiro atoms. The zero-order valence-electron chi connectivity index (χ0n) is 18.0. The molecule has 2 aliphatic heterocycles. The number of carbonyl (C=O) groups excluding carboxylic acids is 2. The fraction of sp³-hybridized carbons (Fsp3) is 0.200. The molecule has 8 heteroatoms. The molecule has 3 aromatic carbocycles. The van der Waals surface area contributed by atoms with Gasteiger partial charge in [0.1, 0.15) is 5.75 Å². The van der Waals surface area contributed by atoms with Crippen LogP contribution in [-0.2, 0) is 16.2 Å². The topological polar surface area (TPSA) is 61.9 Å². The molecule has 1 N–H and O–H groups in total. The Morgan fingerprint density at radius 3 is 2.64 bits per heavy atom. The van der Waals surface area contributed by atoms with Crippen molar-refractivity contribution in [2.24, 2.45) is 0 Å². The number of thioether (sulfide) groups is 1. The first-order valence-corrected chi connectivity index (χ1v) is 11.9. The van der Waals surface area contributed by atoms with E-state index in [0.717, 1.165) is 16.8 Å². The molecule has 1 fully saturated rings. The smallest absolute Gasteiger partial charge is 0.323 e. The van der Waals surface area contributed by atoms with E-state index >= 15 is 0 Å². The van der Waals surface area contributed by atoms with Crippen molar-refractivity contribution in [1.29, 1.82) is 0 Å². The standard InChI is InChI=1S/C25H22ClN3O3S/c1-32-19-11-12-22-20(15-19)25(23(30)28(22)16-17-7-5-6-10-21(17)26)29(13-14-33-25)24(31)27-18-8-3-2-4-9-18/h2-12,15H,13-14,16H2,1H3,(H,27,31)/t25-/m0/s1. The lowest BCUT2D eigenvalue weighted by Crippen LogP contribution is -2.51. The minimum Gasteiger partial charge on any atom is -0.497 e. The van der Waals surface area contributed by atoms with Gasteiger partial charge in [0.15, 0.2) is 4.87 Å². The van der Waals surface area contributed by atoms with Crippen molar-refractivity contribution in [3.05, 3.63) is 88.9 Å². The van der Waals surface area contributed by atoms with E-state index in [1.807, 2.05) is 72.8 Å². The zero-order chi connectivity index (χ0) is 23.0. The Morgan fingerprint density at radius 2 is 1.88 bits per heavy atom. The summed E-state index contributed by atoms with van der Waals surface area (Å²) < 4.78 is 5.46. The maximum atomic E-state index is 14.1. The summed E-state index contributed by atoms with van der Waals surface area (Å²) >= 11 is 7.88. The number of hydrogen-bond donors (Lipinski definition) is 1. The van der Waals surface area contributed by atoms with Crippen molar-refractivity contribution in [2.45, 2.75) is 11.4 Å². The molecule has 168 valence electrons. The number of nitrogens with one attached hydrogen (secondary N) is 1. The third-order valence-corrected chi connectivity index (χ3v) is 7.75. The van der Waals surface area contributed by atoms with Crippen LogP contribution in [0.25, 0.3) is 0 Å². The molecule has 2 heterocycles. The van der Waals surface area contributed by atoms with E-state index in [9.17, 15) is 9.59 Å². The second-order valence-electron chi connectivity index (χ2n) is 7.81. The number of ether oxygens (including phenoxy) is 1. The highest BCUT2D eigenvalue weighted by atomic mass is 35.5. The number of benzene rings is 3. The van der Waals surface area contributed by atoms with E-state index in [2.05, 4.69) is 5.32 Å². The first kappa shape index (κ1) is 21.7. The molecule has 0 saturated carbocycles. The largest absolute Gasteiger partial charge is 0.497 e. The Balaban J connectivity index is 1.57. The van der Waals surface area contributed by atoms with E-state index < -0.39 is 4.87 Å². The van der Waals surface area contributed by atoms with Gasteiger partial charge in [-0.25, -0.2) is 4.79 Å². The summed E-state index contributed by atoms with van der Waals surface area (Å²) in [6.45, 7) is 0.764. The van der Waals surface area contributed by atoms with Gasteiger partial charge in [0.05, 0.1) is 19.3 Å². The van der Waals surface area contributed by atoms with Crippen LogP contribution in [0.3, 0.4) is 0 Å². The zero-order valence-corrected chi connectivity index (χ0v) is 19.5. The number of anilines is 2. The van der Waals surface area contributed by atoms with Crippen molar-refractivity contribution in [2.75, 3.05) is 29.6 Å². The molecule has 2 aliphatic rings. The van der Waals surface area contributed by atoms with Gasteiger partial charge in [-0.1, -0.05) is 48.0 Å². The lowest BCUT2D eigenvalue weighted by atomic mass is 10.1. The van der Waals surface area contributed by atoms with Gasteiger partial charge in [-0.3, -0.25) is 9.69 Å². The molecule has 1 saturated heterocycles. The number of amides is 3. The lowest BCUT2D eigenvalue weighted by molar-refractivity contribution is -0.123. The van der Waals surface area contributed by atoms with Crippen molar-refractivity contribution in [3.63, 3.8) is 0 Å². The van der Waals surface area contributed by atoms with Gasteiger partial charge in [-0.05, 0) is 42.0 Å². The third-order valence-electron chi connectivity index (χ3n) is 5.96. The van der Waals surface area contributed by atoms with E-state index in [-0.39, 0.29) is 11.9 Å². The highest BCUT2D eigenvalue weighted by Gasteiger charge is 2.59. The Bertz CT molecular complexity index is 1220. The molecule has 5 rings (SSSR count). The molecule has 1 atom stereocenters. The van der Waals surface area contributed by atoms with Gasteiger partial charge < -0.3 is 15.0 Å². The number of nitrogens with zero attached hydrogens (tertiary/aromatic N) is 2. The fourth-order valence-electron chi connectivity index (χ4n) is 4.39. The van der Waals surface area contributed by atoms with Crippen molar-refractivity contribution < 1.29 is 14.3 Å². The minimum absolute atomic E-state index is 0.156. The number of carbonyl (C=O) groups is 2. The lowest BCUT2D eigenvalue weighted by Gasteiger charge is -2.33. The van der Waals surface area contributed by atoms with Gasteiger partial charge in [0.2, 0.25) is 0 Å². The SMILES string of the molecule is COc1ccc2c(c1)[C@]1(SCCN1C(=O)Nc1ccccc1)C(=O)N2Cc1ccccc1Cl. The number of urea groups is 1. The maximum absolute atomic E-state index is 14.1. The van der Waals surface area contributed by atoms with E-state index in [1.54, 1.807) is 16.9 Å². The molecule has 0 aliphatic carbocycles. The van der Waals surface area contributed by atoms with Crippen molar-refractivity contribution in [1.82, 2.24) is 4.90 Å². The Kier molecular flexibility index (Phi) is 5.68. The highest BCUT2D eigenvalue weighted by Crippen LogP contribution is 2.55. The second-order valence-corrected chi connectivity index (χ2v) is 9.50. The van der Waals surface area contributed by atoms with Gasteiger partial charge in [0.25, 0.3) is 5.91 Å². The predicted octanol–water partition coefficient (Wildman–Crippen LogP) is 5.33. The van der Waals surface area contributed by atoms with Crippen LogP contribution in [0.2, 0.25) is 5.02 Å². The first-order chi connectivity index (χ1) is 16.0. The first-order valence-electron chi connectivity index (χ1n) is 10.6. The Hall–Kier alpha value is -3.16. The number of hydrogen-bond acceptors (Lipinski definition) is 4. The monoisotopic (exact) mass is 479 g/mol. The number of fused-ring (bicyclic) bond motifs is 2. The summed E-state index contributed by atoms with van der Waals surface area (Å²) in [6.07, 6.45) is 0. The van der Waals surface area contributed by atoms with E-state index in [0.29, 0.717) is 35.3 Å². The molecular formula is C25H22ClN3O3S. The number of halogens is 1. The van der Waals surface area contributed by atoms with Crippen LogP contribution < -0.4 is 15.0 Å². The molecule has 3 aromatic rings. The molecule has 3 amide bonds. The Labute approximate surface area is 201 Å². The minimum atomic E-state index is -1.16. The maximum Gasteiger partial charge on any atom is 0.323 e.